The van der Waals surface area contributed by atoms with Crippen LogP contribution in [0.3, 0.4) is 0 Å². The summed E-state index contributed by atoms with van der Waals surface area (Å²) in [6, 6.07) is 11.6. The first-order valence-corrected chi connectivity index (χ1v) is 8.95. The maximum atomic E-state index is 13.7. The van der Waals surface area contributed by atoms with Crippen molar-refractivity contribution >= 4 is 21.4 Å². The van der Waals surface area contributed by atoms with Gasteiger partial charge in [0.25, 0.3) is 0 Å². The van der Waals surface area contributed by atoms with Crippen LogP contribution in [0, 0.1) is 11.6 Å². The Balaban J connectivity index is 2.18. The van der Waals surface area contributed by atoms with Crippen LogP contribution in [-0.2, 0) is 10.0 Å². The molecule has 1 heterocycles. The van der Waals surface area contributed by atoms with Gasteiger partial charge in [-0.3, -0.25) is 0 Å². The number of sulfonamides is 1. The molecule has 23 heavy (non-hydrogen) atoms. The van der Waals surface area contributed by atoms with Crippen molar-refractivity contribution in [2.24, 2.45) is 5.14 Å². The highest BCUT2D eigenvalue weighted by Crippen LogP contribution is 2.36. The third-order valence-electron chi connectivity index (χ3n) is 3.34. The summed E-state index contributed by atoms with van der Waals surface area (Å²) in [5.41, 5.74) is 1.59. The summed E-state index contributed by atoms with van der Waals surface area (Å²) in [4.78, 5) is 0.746. The van der Waals surface area contributed by atoms with Gasteiger partial charge in [-0.25, -0.2) is 22.3 Å². The third kappa shape index (κ3) is 3.17. The predicted molar refractivity (Wildman–Crippen MR) is 86.5 cm³/mol. The summed E-state index contributed by atoms with van der Waals surface area (Å²) in [6.45, 7) is 0. The Labute approximate surface area is 136 Å². The summed E-state index contributed by atoms with van der Waals surface area (Å²) in [6.07, 6.45) is 0. The van der Waals surface area contributed by atoms with E-state index in [4.69, 9.17) is 5.14 Å². The smallest absolute Gasteiger partial charge is 0.225 e. The van der Waals surface area contributed by atoms with Gasteiger partial charge >= 0.3 is 0 Å². The summed E-state index contributed by atoms with van der Waals surface area (Å²) >= 11 is 1.40. The zero-order valence-corrected chi connectivity index (χ0v) is 13.3. The molecule has 118 valence electrons. The minimum atomic E-state index is -3.80. The van der Waals surface area contributed by atoms with Crippen molar-refractivity contribution < 1.29 is 17.2 Å². The van der Waals surface area contributed by atoms with Gasteiger partial charge in [0.15, 0.2) is 11.6 Å². The minimum absolute atomic E-state index is 0.0403. The van der Waals surface area contributed by atoms with Crippen LogP contribution in [0.1, 0.15) is 0 Å². The lowest BCUT2D eigenvalue weighted by Gasteiger charge is -2.10. The first-order chi connectivity index (χ1) is 10.9. The number of nitrogens with two attached hydrogens (primary N) is 1. The molecular formula is C16H11F2NO2S2. The Bertz CT molecular complexity index is 951. The molecule has 3 nitrogen and oxygen atoms in total. The molecule has 0 spiro atoms. The summed E-state index contributed by atoms with van der Waals surface area (Å²) in [5.74, 6) is -1.89. The number of rotatable bonds is 3. The number of hydrogen-bond donors (Lipinski definition) is 1. The summed E-state index contributed by atoms with van der Waals surface area (Å²) < 4.78 is 49.9. The van der Waals surface area contributed by atoms with Crippen molar-refractivity contribution in [1.82, 2.24) is 0 Å². The zero-order valence-electron chi connectivity index (χ0n) is 11.7. The summed E-state index contributed by atoms with van der Waals surface area (Å²) in [7, 11) is -3.80. The van der Waals surface area contributed by atoms with E-state index in [2.05, 4.69) is 0 Å². The molecule has 0 unspecified atom stereocenters. The molecule has 2 aromatic carbocycles. The minimum Gasteiger partial charge on any atom is -0.225 e. The van der Waals surface area contributed by atoms with Crippen LogP contribution >= 0.6 is 11.3 Å². The first-order valence-electron chi connectivity index (χ1n) is 6.52. The number of hydrogen-bond acceptors (Lipinski definition) is 3. The number of primary sulfonamides is 1. The van der Waals surface area contributed by atoms with Gasteiger partial charge in [0, 0.05) is 10.4 Å². The van der Waals surface area contributed by atoms with Crippen molar-refractivity contribution in [3.63, 3.8) is 0 Å². The monoisotopic (exact) mass is 351 g/mol. The molecule has 0 atom stereocenters. The van der Waals surface area contributed by atoms with Gasteiger partial charge in [-0.1, -0.05) is 18.2 Å². The van der Waals surface area contributed by atoms with Gasteiger partial charge in [0.05, 0.1) is 4.90 Å². The van der Waals surface area contributed by atoms with E-state index in [0.29, 0.717) is 16.7 Å². The molecule has 0 aliphatic heterocycles. The molecule has 0 radical (unpaired) electrons. The highest BCUT2D eigenvalue weighted by atomic mass is 32.2. The Morgan fingerprint density at radius 1 is 0.913 bits per heavy atom. The van der Waals surface area contributed by atoms with E-state index in [9.17, 15) is 17.2 Å². The van der Waals surface area contributed by atoms with Crippen LogP contribution in [0.5, 0.6) is 0 Å². The SMILES string of the molecule is NS(=O)(=O)c1ccc(-c2cc(F)c(F)cc2-c2cccs2)cc1. The lowest BCUT2D eigenvalue weighted by atomic mass is 9.98. The molecule has 0 bridgehead atoms. The topological polar surface area (TPSA) is 60.2 Å². The second-order valence-corrected chi connectivity index (χ2v) is 7.37. The van der Waals surface area contributed by atoms with E-state index in [1.807, 2.05) is 11.4 Å². The van der Waals surface area contributed by atoms with Crippen molar-refractivity contribution in [3.8, 4) is 21.6 Å². The van der Waals surface area contributed by atoms with E-state index in [1.165, 1.54) is 35.6 Å². The molecule has 0 aliphatic rings. The zero-order chi connectivity index (χ0) is 16.6. The number of thiophene rings is 1. The van der Waals surface area contributed by atoms with Gasteiger partial charge in [0.2, 0.25) is 10.0 Å². The van der Waals surface area contributed by atoms with Crippen LogP contribution in [-0.4, -0.2) is 8.42 Å². The van der Waals surface area contributed by atoms with Crippen molar-refractivity contribution in [3.05, 3.63) is 65.5 Å². The fourth-order valence-electron chi connectivity index (χ4n) is 2.25. The maximum Gasteiger partial charge on any atom is 0.238 e. The fourth-order valence-corrected chi connectivity index (χ4v) is 3.52. The van der Waals surface area contributed by atoms with Gasteiger partial charge < -0.3 is 0 Å². The fraction of sp³-hybridized carbons (Fsp3) is 0. The molecule has 0 fully saturated rings. The average Bonchev–Trinajstić information content (AvgIpc) is 3.03. The molecule has 0 saturated carbocycles. The third-order valence-corrected chi connectivity index (χ3v) is 5.17. The van der Waals surface area contributed by atoms with Crippen LogP contribution in [0.15, 0.2) is 58.8 Å². The molecule has 3 rings (SSSR count). The highest BCUT2D eigenvalue weighted by molar-refractivity contribution is 7.89. The van der Waals surface area contributed by atoms with E-state index in [0.717, 1.165) is 17.0 Å². The van der Waals surface area contributed by atoms with Gasteiger partial charge in [-0.2, -0.15) is 0 Å². The molecular weight excluding hydrogens is 340 g/mol. The lowest BCUT2D eigenvalue weighted by Crippen LogP contribution is -2.11. The Hall–Kier alpha value is -2.09. The van der Waals surface area contributed by atoms with Crippen molar-refractivity contribution in [1.29, 1.82) is 0 Å². The summed E-state index contributed by atoms with van der Waals surface area (Å²) in [5, 5.41) is 6.90. The Morgan fingerprint density at radius 2 is 1.52 bits per heavy atom. The second-order valence-electron chi connectivity index (χ2n) is 4.86. The molecule has 3 aromatic rings. The van der Waals surface area contributed by atoms with Crippen LogP contribution in [0.4, 0.5) is 8.78 Å². The molecule has 0 saturated heterocycles. The molecule has 2 N–H and O–H groups in total. The van der Waals surface area contributed by atoms with Crippen molar-refractivity contribution in [2.75, 3.05) is 0 Å². The van der Waals surface area contributed by atoms with Gasteiger partial charge in [-0.05, 0) is 46.8 Å². The molecule has 0 amide bonds. The standard InChI is InChI=1S/C16H11F2NO2S2/c17-14-8-12(10-3-5-11(6-4-10)23(19,20)21)13(9-15(14)18)16-2-1-7-22-16/h1-9H,(H2,19,20,21). The van der Waals surface area contributed by atoms with E-state index in [1.54, 1.807) is 6.07 Å². The largest absolute Gasteiger partial charge is 0.238 e. The number of halogens is 2. The highest BCUT2D eigenvalue weighted by Gasteiger charge is 2.15. The van der Waals surface area contributed by atoms with Gasteiger partial charge in [-0.15, -0.1) is 11.3 Å². The van der Waals surface area contributed by atoms with Crippen LogP contribution in [0.25, 0.3) is 21.6 Å². The lowest BCUT2D eigenvalue weighted by molar-refractivity contribution is 0.509. The number of benzene rings is 2. The molecule has 7 heteroatoms. The van der Waals surface area contributed by atoms with E-state index < -0.39 is 21.7 Å². The normalized spacial score (nSPS) is 11.6. The van der Waals surface area contributed by atoms with Crippen LogP contribution in [0.2, 0.25) is 0 Å². The van der Waals surface area contributed by atoms with Crippen molar-refractivity contribution in [2.45, 2.75) is 4.90 Å². The molecule has 0 aliphatic carbocycles. The van der Waals surface area contributed by atoms with E-state index >= 15 is 0 Å². The Morgan fingerprint density at radius 3 is 2.04 bits per heavy atom. The quantitative estimate of drug-likeness (QED) is 0.775. The Kier molecular flexibility index (Phi) is 4.01. The second kappa shape index (κ2) is 5.84. The maximum absolute atomic E-state index is 13.7. The van der Waals surface area contributed by atoms with Gasteiger partial charge in [0.1, 0.15) is 0 Å². The van der Waals surface area contributed by atoms with Crippen LogP contribution < -0.4 is 5.14 Å². The average molecular weight is 351 g/mol. The first kappa shape index (κ1) is 15.8. The predicted octanol–water partition coefficient (Wildman–Crippen LogP) is 4.01. The molecule has 1 aromatic heterocycles. The van der Waals surface area contributed by atoms with E-state index in [-0.39, 0.29) is 4.90 Å².